The van der Waals surface area contributed by atoms with Crippen LogP contribution in [-0.2, 0) is 16.1 Å². The smallest absolute Gasteiger partial charge is 0.409 e. The predicted octanol–water partition coefficient (Wildman–Crippen LogP) is 4.42. The topological polar surface area (TPSA) is 143 Å². The lowest BCUT2D eigenvalue weighted by Gasteiger charge is -2.38. The number of hydrogen-bond donors (Lipinski definition) is 2. The second-order valence-electron chi connectivity index (χ2n) is 12.9. The molecule has 2 aliphatic heterocycles. The first-order chi connectivity index (χ1) is 24.6. The maximum atomic E-state index is 13.6. The fourth-order valence-corrected chi connectivity index (χ4v) is 7.40. The molecule has 0 aliphatic carbocycles. The highest BCUT2D eigenvalue weighted by Gasteiger charge is 2.28. The highest BCUT2D eigenvalue weighted by molar-refractivity contribution is 7.99. The lowest BCUT2D eigenvalue weighted by Crippen LogP contribution is -2.50. The first kappa shape index (κ1) is 36.3. The van der Waals surface area contributed by atoms with Crippen molar-refractivity contribution < 1.29 is 33.0 Å². The van der Waals surface area contributed by atoms with Crippen LogP contribution in [-0.4, -0.2) is 121 Å². The van der Waals surface area contributed by atoms with Gasteiger partial charge < -0.3 is 29.7 Å². The maximum absolute atomic E-state index is 13.6. The Morgan fingerprint density at radius 2 is 1.86 bits per heavy atom. The zero-order chi connectivity index (χ0) is 36.1. The molecular weight excluding hydrogens is 684 g/mol. The molecule has 4 aromatic rings. The Kier molecular flexibility index (Phi) is 11.6. The SMILES string of the molecule is COC(=O)N1CCN(CC2CCN(C(=O)Cn3cc(NC(O)c4cnn5cccnc45)c(-c4cc(SC(C)C)ccc4OC(F)F)n3)CC2)CC1. The number of thioether (sulfide) groups is 1. The maximum Gasteiger partial charge on any atom is 0.409 e. The Labute approximate surface area is 298 Å². The number of nitrogens with one attached hydrogen (secondary N) is 1. The van der Waals surface area contributed by atoms with Crippen molar-refractivity contribution >= 4 is 35.1 Å². The van der Waals surface area contributed by atoms with Crippen LogP contribution < -0.4 is 10.1 Å². The van der Waals surface area contributed by atoms with Crippen LogP contribution in [0, 0.1) is 5.92 Å². The van der Waals surface area contributed by atoms with E-state index in [4.69, 9.17) is 14.6 Å². The van der Waals surface area contributed by atoms with Gasteiger partial charge in [-0.2, -0.15) is 19.0 Å². The van der Waals surface area contributed by atoms with E-state index in [9.17, 15) is 23.5 Å². The fourth-order valence-electron chi connectivity index (χ4n) is 6.52. The number of aliphatic hydroxyl groups excluding tert-OH is 1. The van der Waals surface area contributed by atoms with Crippen molar-refractivity contribution in [3.63, 3.8) is 0 Å². The number of piperazine rings is 1. The monoisotopic (exact) mass is 727 g/mol. The number of rotatable bonds is 12. The summed E-state index contributed by atoms with van der Waals surface area (Å²) in [5.74, 6) is 0.228. The number of methoxy groups -OCH3 is 1. The Morgan fingerprint density at radius 1 is 1.10 bits per heavy atom. The Hall–Kier alpha value is -4.48. The second kappa shape index (κ2) is 16.2. The minimum absolute atomic E-state index is 0.0846. The molecule has 6 rings (SSSR count). The summed E-state index contributed by atoms with van der Waals surface area (Å²) >= 11 is 1.55. The zero-order valence-corrected chi connectivity index (χ0v) is 29.6. The molecule has 1 unspecified atom stereocenters. The summed E-state index contributed by atoms with van der Waals surface area (Å²) in [5, 5.41) is 23.5. The second-order valence-corrected chi connectivity index (χ2v) is 14.6. The van der Waals surface area contributed by atoms with E-state index in [0.717, 1.165) is 37.4 Å². The number of hydrogen-bond acceptors (Lipinski definition) is 11. The van der Waals surface area contributed by atoms with Gasteiger partial charge in [-0.1, -0.05) is 13.8 Å². The molecule has 1 aromatic carbocycles. The number of benzene rings is 1. The number of alkyl halides is 2. The van der Waals surface area contributed by atoms with Crippen LogP contribution in [0.2, 0.25) is 0 Å². The number of likely N-dealkylation sites (tertiary alicyclic amines) is 1. The normalized spacial score (nSPS) is 16.6. The summed E-state index contributed by atoms with van der Waals surface area (Å²) < 4.78 is 39.9. The van der Waals surface area contributed by atoms with Gasteiger partial charge in [-0.15, -0.1) is 11.8 Å². The molecule has 2 saturated heterocycles. The van der Waals surface area contributed by atoms with E-state index in [-0.39, 0.29) is 40.8 Å². The third kappa shape index (κ3) is 8.88. The number of piperidine rings is 1. The van der Waals surface area contributed by atoms with Crippen LogP contribution in [0.25, 0.3) is 16.9 Å². The number of fused-ring (bicyclic) bond motifs is 1. The van der Waals surface area contributed by atoms with Gasteiger partial charge in [0, 0.05) is 80.1 Å². The van der Waals surface area contributed by atoms with Gasteiger partial charge in [0.25, 0.3) is 0 Å². The summed E-state index contributed by atoms with van der Waals surface area (Å²) in [4.78, 5) is 36.4. The van der Waals surface area contributed by atoms with Gasteiger partial charge in [0.2, 0.25) is 5.91 Å². The summed E-state index contributed by atoms with van der Waals surface area (Å²) in [6.45, 7) is 5.86. The highest BCUT2D eigenvalue weighted by Crippen LogP contribution is 2.39. The molecule has 2 N–H and O–H groups in total. The quantitative estimate of drug-likeness (QED) is 0.158. The minimum Gasteiger partial charge on any atom is -0.453 e. The zero-order valence-electron chi connectivity index (χ0n) is 28.8. The van der Waals surface area contributed by atoms with Crippen molar-refractivity contribution in [2.75, 3.05) is 58.2 Å². The van der Waals surface area contributed by atoms with E-state index in [0.29, 0.717) is 49.0 Å². The van der Waals surface area contributed by atoms with E-state index in [2.05, 4.69) is 20.3 Å². The molecule has 5 heterocycles. The van der Waals surface area contributed by atoms with Crippen molar-refractivity contribution in [3.05, 3.63) is 54.6 Å². The first-order valence-electron chi connectivity index (χ1n) is 17.0. The van der Waals surface area contributed by atoms with E-state index >= 15 is 0 Å². The van der Waals surface area contributed by atoms with Gasteiger partial charge in [0.1, 0.15) is 18.0 Å². The number of aromatic nitrogens is 5. The van der Waals surface area contributed by atoms with E-state index in [1.165, 1.54) is 28.6 Å². The van der Waals surface area contributed by atoms with Crippen LogP contribution in [0.15, 0.2) is 53.9 Å². The number of ether oxygens (including phenoxy) is 2. The molecule has 2 amide bonds. The largest absolute Gasteiger partial charge is 0.453 e. The average Bonchev–Trinajstić information content (AvgIpc) is 3.72. The standard InChI is InChI=1S/C34H43F2N9O5S/c1-22(2)51-24-5-6-28(50-33(35)36)25(17-24)30-27(39-32(47)26-18-38-45-10-4-9-37-31(26)45)20-44(40-30)21-29(46)42-11-7-23(8-12-42)19-41-13-15-43(16-14-41)34(48)49-3/h4-6,9-10,17-18,20,22-23,32-33,39,47H,7-8,11-16,19,21H2,1-3H3. The van der Waals surface area contributed by atoms with E-state index in [1.54, 1.807) is 53.5 Å². The Bertz CT molecular complexity index is 1810. The van der Waals surface area contributed by atoms with Gasteiger partial charge in [-0.3, -0.25) is 14.4 Å². The molecule has 274 valence electrons. The molecule has 2 fully saturated rings. The molecular formula is C34H43F2N9O5S. The summed E-state index contributed by atoms with van der Waals surface area (Å²) in [5.41, 5.74) is 1.66. The number of anilines is 1. The van der Waals surface area contributed by atoms with Crippen LogP contribution in [0.1, 0.15) is 38.5 Å². The van der Waals surface area contributed by atoms with Crippen LogP contribution in [0.5, 0.6) is 5.75 Å². The van der Waals surface area contributed by atoms with Gasteiger partial charge in [-0.05, 0) is 43.0 Å². The number of halogens is 2. The molecule has 2 aliphatic rings. The Balaban J connectivity index is 1.19. The third-order valence-corrected chi connectivity index (χ3v) is 10.0. The van der Waals surface area contributed by atoms with Gasteiger partial charge >= 0.3 is 12.7 Å². The van der Waals surface area contributed by atoms with E-state index < -0.39 is 12.8 Å². The van der Waals surface area contributed by atoms with Crippen molar-refractivity contribution in [2.45, 2.75) is 56.2 Å². The molecule has 3 aromatic heterocycles. The summed E-state index contributed by atoms with van der Waals surface area (Å²) in [6, 6.07) is 6.64. The molecule has 0 spiro atoms. The molecule has 14 nitrogen and oxygen atoms in total. The summed E-state index contributed by atoms with van der Waals surface area (Å²) in [6.07, 6.45) is 6.49. The van der Waals surface area contributed by atoms with Gasteiger partial charge in [-0.25, -0.2) is 14.3 Å². The van der Waals surface area contributed by atoms with Crippen molar-refractivity contribution in [2.24, 2.45) is 5.92 Å². The summed E-state index contributed by atoms with van der Waals surface area (Å²) in [7, 11) is 1.39. The lowest BCUT2D eigenvalue weighted by atomic mass is 9.96. The molecule has 1 atom stereocenters. The molecule has 0 bridgehead atoms. The number of carbonyl (C=O) groups excluding carboxylic acids is 2. The van der Waals surface area contributed by atoms with Gasteiger partial charge in [0.05, 0.1) is 24.6 Å². The minimum atomic E-state index is -3.07. The predicted molar refractivity (Wildman–Crippen MR) is 187 cm³/mol. The molecule has 0 saturated carbocycles. The number of nitrogens with zero attached hydrogens (tertiary/aromatic N) is 8. The van der Waals surface area contributed by atoms with Crippen LogP contribution in [0.3, 0.4) is 0 Å². The fraction of sp³-hybridized carbons (Fsp3) is 0.500. The van der Waals surface area contributed by atoms with Crippen LogP contribution >= 0.6 is 11.8 Å². The lowest BCUT2D eigenvalue weighted by molar-refractivity contribution is -0.133. The molecule has 17 heteroatoms. The first-order valence-corrected chi connectivity index (χ1v) is 17.8. The molecule has 51 heavy (non-hydrogen) atoms. The number of amides is 2. The van der Waals surface area contributed by atoms with Crippen molar-refractivity contribution in [1.82, 2.24) is 39.1 Å². The third-order valence-electron chi connectivity index (χ3n) is 9.04. The number of aliphatic hydroxyl groups is 1. The Morgan fingerprint density at radius 3 is 2.57 bits per heavy atom. The van der Waals surface area contributed by atoms with Crippen LogP contribution in [0.4, 0.5) is 19.3 Å². The van der Waals surface area contributed by atoms with Gasteiger partial charge in [0.15, 0.2) is 11.9 Å². The highest BCUT2D eigenvalue weighted by atomic mass is 32.2. The van der Waals surface area contributed by atoms with E-state index in [1.807, 2.05) is 18.7 Å². The van der Waals surface area contributed by atoms with Crippen molar-refractivity contribution in [1.29, 1.82) is 0 Å². The van der Waals surface area contributed by atoms with Crippen molar-refractivity contribution in [3.8, 4) is 17.0 Å². The molecule has 0 radical (unpaired) electrons. The number of carbonyl (C=O) groups is 2. The average molecular weight is 728 g/mol.